The maximum absolute atomic E-state index is 13.0. The van der Waals surface area contributed by atoms with Gasteiger partial charge in [0.2, 0.25) is 0 Å². The zero-order valence-corrected chi connectivity index (χ0v) is 18.0. The highest BCUT2D eigenvalue weighted by Gasteiger charge is 2.21. The molecule has 5 rings (SSSR count). The first kappa shape index (κ1) is 20.0. The lowest BCUT2D eigenvalue weighted by Gasteiger charge is -2.19. The normalized spacial score (nSPS) is 13.0. The van der Waals surface area contributed by atoms with Crippen LogP contribution in [0.5, 0.6) is 11.5 Å². The Labute approximate surface area is 183 Å². The molecule has 0 fully saturated rings. The second-order valence-electron chi connectivity index (χ2n) is 7.84. The highest BCUT2D eigenvalue weighted by atomic mass is 16.6. The molecule has 4 heterocycles. The van der Waals surface area contributed by atoms with Gasteiger partial charge in [-0.2, -0.15) is 5.10 Å². The number of esters is 1. The van der Waals surface area contributed by atoms with Crippen molar-refractivity contribution < 1.29 is 23.5 Å². The minimum atomic E-state index is -0.492. The lowest BCUT2D eigenvalue weighted by Crippen LogP contribution is -2.15. The molecular formula is C23H22N4O5. The second kappa shape index (κ2) is 7.99. The number of hydrogen-bond donors (Lipinski definition) is 0. The molecule has 0 radical (unpaired) electrons. The highest BCUT2D eigenvalue weighted by Crippen LogP contribution is 2.35. The molecule has 32 heavy (non-hydrogen) atoms. The van der Waals surface area contributed by atoms with Crippen LogP contribution in [0.1, 0.15) is 41.7 Å². The van der Waals surface area contributed by atoms with Crippen molar-refractivity contribution in [1.82, 2.24) is 19.9 Å². The van der Waals surface area contributed by atoms with Crippen molar-refractivity contribution in [1.29, 1.82) is 0 Å². The Kier molecular flexibility index (Phi) is 5.01. The quantitative estimate of drug-likeness (QED) is 0.433. The Hall–Kier alpha value is -3.88. The fraction of sp³-hybridized carbons (Fsp3) is 0.304. The van der Waals surface area contributed by atoms with Crippen molar-refractivity contribution in [3.05, 3.63) is 53.5 Å². The summed E-state index contributed by atoms with van der Waals surface area (Å²) in [4.78, 5) is 17.8. The number of fused-ring (bicyclic) bond motifs is 2. The molecule has 1 aliphatic rings. The van der Waals surface area contributed by atoms with E-state index in [2.05, 4.69) is 10.3 Å². The molecule has 0 saturated heterocycles. The van der Waals surface area contributed by atoms with E-state index in [1.807, 2.05) is 32.0 Å². The standard InChI is InChI=1S/C23H22N4O5/c1-13(2)27-22-18(11-24-27)17(23(28)31-12-16-8-14(3)26-32-16)10-19(25-22)15-4-5-20-21(9-15)30-7-6-29-20/h4-5,8-11,13H,6-7,12H2,1-3H3. The Balaban J connectivity index is 1.56. The topological polar surface area (TPSA) is 102 Å². The van der Waals surface area contributed by atoms with E-state index in [1.54, 1.807) is 29.9 Å². The van der Waals surface area contributed by atoms with E-state index < -0.39 is 5.97 Å². The number of rotatable bonds is 5. The Bertz CT molecular complexity index is 1310. The molecule has 0 atom stereocenters. The number of aryl methyl sites for hydroxylation is 1. The molecule has 1 aromatic carbocycles. The van der Waals surface area contributed by atoms with E-state index in [9.17, 15) is 4.79 Å². The summed E-state index contributed by atoms with van der Waals surface area (Å²) >= 11 is 0. The van der Waals surface area contributed by atoms with Crippen LogP contribution in [0.4, 0.5) is 0 Å². The summed E-state index contributed by atoms with van der Waals surface area (Å²) in [6.07, 6.45) is 1.64. The minimum absolute atomic E-state index is 0.0127. The van der Waals surface area contributed by atoms with Crippen LogP contribution in [0.25, 0.3) is 22.3 Å². The molecule has 4 aromatic rings. The Morgan fingerprint density at radius 3 is 2.72 bits per heavy atom. The minimum Gasteiger partial charge on any atom is -0.486 e. The first-order valence-corrected chi connectivity index (χ1v) is 10.4. The molecule has 9 nitrogen and oxygen atoms in total. The number of ether oxygens (including phenoxy) is 3. The summed E-state index contributed by atoms with van der Waals surface area (Å²) in [5, 5.41) is 8.88. The van der Waals surface area contributed by atoms with Crippen molar-refractivity contribution in [2.45, 2.75) is 33.4 Å². The molecule has 0 aliphatic carbocycles. The largest absolute Gasteiger partial charge is 0.486 e. The van der Waals surface area contributed by atoms with Gasteiger partial charge in [0, 0.05) is 17.7 Å². The number of hydrogen-bond acceptors (Lipinski definition) is 8. The predicted octanol–water partition coefficient (Wildman–Crippen LogP) is 4.10. The van der Waals surface area contributed by atoms with Crippen LogP contribution in [-0.2, 0) is 11.3 Å². The molecule has 164 valence electrons. The molecule has 3 aromatic heterocycles. The van der Waals surface area contributed by atoms with E-state index in [0.29, 0.717) is 52.8 Å². The van der Waals surface area contributed by atoms with Gasteiger partial charge in [-0.05, 0) is 45.0 Å². The van der Waals surface area contributed by atoms with Crippen LogP contribution in [0.2, 0.25) is 0 Å². The lowest BCUT2D eigenvalue weighted by atomic mass is 10.1. The molecule has 0 spiro atoms. The molecule has 0 saturated carbocycles. The number of nitrogens with zero attached hydrogens (tertiary/aromatic N) is 4. The molecular weight excluding hydrogens is 412 g/mol. The van der Waals surface area contributed by atoms with Crippen LogP contribution in [-0.4, -0.2) is 39.1 Å². The summed E-state index contributed by atoms with van der Waals surface area (Å²) in [6, 6.07) is 9.12. The monoisotopic (exact) mass is 434 g/mol. The third-order valence-electron chi connectivity index (χ3n) is 5.14. The number of carbonyl (C=O) groups is 1. The van der Waals surface area contributed by atoms with Crippen LogP contribution in [0, 0.1) is 6.92 Å². The van der Waals surface area contributed by atoms with Crippen LogP contribution in [0.15, 0.2) is 41.1 Å². The van der Waals surface area contributed by atoms with Crippen LogP contribution >= 0.6 is 0 Å². The maximum Gasteiger partial charge on any atom is 0.339 e. The summed E-state index contributed by atoms with van der Waals surface area (Å²) in [7, 11) is 0. The summed E-state index contributed by atoms with van der Waals surface area (Å²) < 4.78 is 23.7. The second-order valence-corrected chi connectivity index (χ2v) is 7.84. The van der Waals surface area contributed by atoms with Crippen molar-refractivity contribution in [2.75, 3.05) is 13.2 Å². The average Bonchev–Trinajstić information content (AvgIpc) is 3.42. The molecule has 0 amide bonds. The van der Waals surface area contributed by atoms with Gasteiger partial charge in [-0.25, -0.2) is 14.5 Å². The van der Waals surface area contributed by atoms with Gasteiger partial charge in [-0.15, -0.1) is 0 Å². The molecule has 9 heteroatoms. The average molecular weight is 434 g/mol. The first-order valence-electron chi connectivity index (χ1n) is 10.4. The van der Waals surface area contributed by atoms with Gasteiger partial charge in [-0.3, -0.25) is 0 Å². The van der Waals surface area contributed by atoms with Crippen molar-refractivity contribution in [3.8, 4) is 22.8 Å². The number of aromatic nitrogens is 4. The van der Waals surface area contributed by atoms with Crippen molar-refractivity contribution in [3.63, 3.8) is 0 Å². The predicted molar refractivity (Wildman–Crippen MR) is 115 cm³/mol. The van der Waals surface area contributed by atoms with E-state index >= 15 is 0 Å². The van der Waals surface area contributed by atoms with Crippen LogP contribution < -0.4 is 9.47 Å². The van der Waals surface area contributed by atoms with Gasteiger partial charge in [0.1, 0.15) is 13.2 Å². The first-order chi connectivity index (χ1) is 15.5. The zero-order valence-electron chi connectivity index (χ0n) is 18.0. The van der Waals surface area contributed by atoms with Gasteiger partial charge >= 0.3 is 5.97 Å². The third kappa shape index (κ3) is 3.66. The van der Waals surface area contributed by atoms with E-state index in [4.69, 9.17) is 23.7 Å². The highest BCUT2D eigenvalue weighted by molar-refractivity contribution is 6.03. The van der Waals surface area contributed by atoms with E-state index in [0.717, 1.165) is 11.3 Å². The van der Waals surface area contributed by atoms with Gasteiger partial charge in [-0.1, -0.05) is 5.16 Å². The number of carbonyl (C=O) groups excluding carboxylic acids is 1. The summed E-state index contributed by atoms with van der Waals surface area (Å²) in [5.41, 5.74) is 3.12. The van der Waals surface area contributed by atoms with E-state index in [-0.39, 0.29) is 12.6 Å². The van der Waals surface area contributed by atoms with Gasteiger partial charge in [0.05, 0.1) is 28.5 Å². The third-order valence-corrected chi connectivity index (χ3v) is 5.14. The summed E-state index contributed by atoms with van der Waals surface area (Å²) in [6.45, 7) is 6.82. The van der Waals surface area contributed by atoms with E-state index in [1.165, 1.54) is 0 Å². The number of pyridine rings is 1. The smallest absolute Gasteiger partial charge is 0.339 e. The maximum atomic E-state index is 13.0. The fourth-order valence-corrected chi connectivity index (χ4v) is 3.61. The van der Waals surface area contributed by atoms with Crippen molar-refractivity contribution >= 4 is 17.0 Å². The summed E-state index contributed by atoms with van der Waals surface area (Å²) in [5.74, 6) is 1.33. The number of benzene rings is 1. The van der Waals surface area contributed by atoms with Gasteiger partial charge in [0.15, 0.2) is 29.5 Å². The van der Waals surface area contributed by atoms with Crippen molar-refractivity contribution in [2.24, 2.45) is 0 Å². The van der Waals surface area contributed by atoms with Gasteiger partial charge in [0.25, 0.3) is 0 Å². The Morgan fingerprint density at radius 2 is 1.97 bits per heavy atom. The Morgan fingerprint density at radius 1 is 1.16 bits per heavy atom. The molecule has 0 N–H and O–H groups in total. The zero-order chi connectivity index (χ0) is 22.2. The fourth-order valence-electron chi connectivity index (χ4n) is 3.61. The van der Waals surface area contributed by atoms with Gasteiger partial charge < -0.3 is 18.7 Å². The lowest BCUT2D eigenvalue weighted by molar-refractivity contribution is 0.0439. The molecule has 1 aliphatic heterocycles. The van der Waals surface area contributed by atoms with Crippen LogP contribution in [0.3, 0.4) is 0 Å². The SMILES string of the molecule is Cc1cc(COC(=O)c2cc(-c3ccc4c(c3)OCCO4)nc3c2cnn3C(C)C)on1. The molecule has 0 bridgehead atoms. The molecule has 0 unspecified atom stereocenters.